The van der Waals surface area contributed by atoms with Gasteiger partial charge < -0.3 is 20.1 Å². The molecule has 0 aliphatic heterocycles. The predicted molar refractivity (Wildman–Crippen MR) is 98.6 cm³/mol. The van der Waals surface area contributed by atoms with Crippen molar-refractivity contribution in [3.63, 3.8) is 0 Å². The molecule has 3 N–H and O–H groups in total. The third-order valence-corrected chi connectivity index (χ3v) is 4.18. The minimum atomic E-state index is -1.00. The first-order valence-corrected chi connectivity index (χ1v) is 8.64. The summed E-state index contributed by atoms with van der Waals surface area (Å²) in [4.78, 5) is 36.9. The molecule has 1 amide bonds. The first-order valence-electron chi connectivity index (χ1n) is 8.64. The fraction of sp³-hybridized carbons (Fsp3) is 0.278. The van der Waals surface area contributed by atoms with E-state index in [2.05, 4.69) is 20.1 Å². The van der Waals surface area contributed by atoms with Gasteiger partial charge in [0.1, 0.15) is 36.3 Å². The summed E-state index contributed by atoms with van der Waals surface area (Å²) >= 11 is 0. The number of phenols is 1. The fourth-order valence-corrected chi connectivity index (χ4v) is 2.70. The Bertz CT molecular complexity index is 1000. The Labute approximate surface area is 160 Å². The highest BCUT2D eigenvalue weighted by atomic mass is 16.3. The second kappa shape index (κ2) is 8.44. The lowest BCUT2D eigenvalue weighted by Crippen LogP contribution is -2.38. The minimum absolute atomic E-state index is 0.0227. The summed E-state index contributed by atoms with van der Waals surface area (Å²) in [5, 5.41) is 23.8. The van der Waals surface area contributed by atoms with E-state index in [1.807, 2.05) is 0 Å². The molecule has 0 saturated carbocycles. The number of aliphatic hydroxyl groups is 1. The molecule has 2 aromatic heterocycles. The number of hydrogen-bond acceptors (Lipinski definition) is 7. The number of nitrogens with zero attached hydrogens (tertiary/aromatic N) is 5. The summed E-state index contributed by atoms with van der Waals surface area (Å²) in [6.07, 6.45) is 3.07. The van der Waals surface area contributed by atoms with Gasteiger partial charge in [-0.3, -0.25) is 9.59 Å². The number of carbonyl (C=O) groups excluding carboxylic acids is 1. The van der Waals surface area contributed by atoms with Crippen LogP contribution >= 0.6 is 0 Å². The van der Waals surface area contributed by atoms with Gasteiger partial charge in [0, 0.05) is 12.7 Å². The molecule has 0 unspecified atom stereocenters. The number of aromatic amines is 1. The summed E-state index contributed by atoms with van der Waals surface area (Å²) in [5.74, 6) is -0.174. The molecule has 1 aromatic carbocycles. The van der Waals surface area contributed by atoms with Crippen LogP contribution in [0.5, 0.6) is 5.75 Å². The molecule has 0 radical (unpaired) electrons. The van der Waals surface area contributed by atoms with Crippen LogP contribution in [0.1, 0.15) is 34.8 Å². The standard InChI is InChI=1S/C18H20N6O4/c1-2-23(8-15(26)12-4-3-5-13(25)6-12)18(28)14-7-20-16(22-17(14)27)9-24-11-19-10-21-24/h3-7,10-11,15,25-26H,2,8-9H2,1H3,(H,20,22,27)/t15-/m0/s1. The van der Waals surface area contributed by atoms with E-state index >= 15 is 0 Å². The van der Waals surface area contributed by atoms with Crippen LogP contribution in [0, 0.1) is 0 Å². The lowest BCUT2D eigenvalue weighted by Gasteiger charge is -2.24. The second-order valence-electron chi connectivity index (χ2n) is 6.12. The number of nitrogens with one attached hydrogen (secondary N) is 1. The Morgan fingerprint density at radius 2 is 2.21 bits per heavy atom. The summed E-state index contributed by atoms with van der Waals surface area (Å²) in [5.41, 5.74) is -0.214. The lowest BCUT2D eigenvalue weighted by atomic mass is 10.1. The van der Waals surface area contributed by atoms with Gasteiger partial charge in [0.2, 0.25) is 0 Å². The van der Waals surface area contributed by atoms with Crippen molar-refractivity contribution < 1.29 is 15.0 Å². The fourth-order valence-electron chi connectivity index (χ4n) is 2.70. The topological polar surface area (TPSA) is 137 Å². The van der Waals surface area contributed by atoms with E-state index in [4.69, 9.17) is 0 Å². The molecule has 0 fully saturated rings. The van der Waals surface area contributed by atoms with E-state index in [-0.39, 0.29) is 30.9 Å². The van der Waals surface area contributed by atoms with Crippen LogP contribution in [0.25, 0.3) is 0 Å². The zero-order valence-electron chi connectivity index (χ0n) is 15.2. The molecule has 0 aliphatic rings. The van der Waals surface area contributed by atoms with Crippen LogP contribution in [0.15, 0.2) is 47.9 Å². The number of amides is 1. The average molecular weight is 384 g/mol. The Balaban J connectivity index is 1.74. The van der Waals surface area contributed by atoms with E-state index in [1.54, 1.807) is 19.1 Å². The van der Waals surface area contributed by atoms with Gasteiger partial charge in [-0.15, -0.1) is 0 Å². The van der Waals surface area contributed by atoms with Crippen LogP contribution in [0.2, 0.25) is 0 Å². The van der Waals surface area contributed by atoms with E-state index in [0.29, 0.717) is 11.4 Å². The zero-order chi connectivity index (χ0) is 20.1. The number of benzene rings is 1. The number of aromatic hydroxyl groups is 1. The maximum Gasteiger partial charge on any atom is 0.263 e. The molecule has 0 saturated heterocycles. The quantitative estimate of drug-likeness (QED) is 0.533. The van der Waals surface area contributed by atoms with Crippen molar-refractivity contribution in [2.75, 3.05) is 13.1 Å². The molecule has 3 aromatic rings. The third kappa shape index (κ3) is 4.41. The summed E-state index contributed by atoms with van der Waals surface area (Å²) in [7, 11) is 0. The number of rotatable bonds is 7. The molecule has 146 valence electrons. The maximum absolute atomic E-state index is 12.7. The highest BCUT2D eigenvalue weighted by molar-refractivity contribution is 5.93. The molecular weight excluding hydrogens is 364 g/mol. The number of aliphatic hydroxyl groups excluding tert-OH is 1. The number of aromatic nitrogens is 5. The van der Waals surface area contributed by atoms with Gasteiger partial charge in [-0.2, -0.15) is 5.10 Å². The second-order valence-corrected chi connectivity index (χ2v) is 6.12. The van der Waals surface area contributed by atoms with Crippen LogP contribution in [-0.2, 0) is 6.54 Å². The van der Waals surface area contributed by atoms with Crippen molar-refractivity contribution in [3.05, 3.63) is 70.4 Å². The highest BCUT2D eigenvalue weighted by Crippen LogP contribution is 2.19. The number of phenolic OH excluding ortho intramolecular Hbond substituents is 1. The first-order chi connectivity index (χ1) is 13.5. The molecular formula is C18H20N6O4. The summed E-state index contributed by atoms with van der Waals surface area (Å²) in [6.45, 7) is 2.22. The number of hydrogen-bond donors (Lipinski definition) is 3. The summed E-state index contributed by atoms with van der Waals surface area (Å²) in [6, 6.07) is 6.17. The van der Waals surface area contributed by atoms with Gasteiger partial charge in [0.25, 0.3) is 11.5 Å². The Hall–Kier alpha value is -3.53. The van der Waals surface area contributed by atoms with Crippen LogP contribution in [-0.4, -0.2) is 58.8 Å². The molecule has 10 nitrogen and oxygen atoms in total. The van der Waals surface area contributed by atoms with Gasteiger partial charge in [0.05, 0.1) is 12.6 Å². The molecule has 0 aliphatic carbocycles. The van der Waals surface area contributed by atoms with Crippen LogP contribution < -0.4 is 5.56 Å². The van der Waals surface area contributed by atoms with E-state index in [1.165, 1.54) is 40.6 Å². The molecule has 28 heavy (non-hydrogen) atoms. The Morgan fingerprint density at radius 3 is 2.86 bits per heavy atom. The first kappa shape index (κ1) is 19.2. The third-order valence-electron chi connectivity index (χ3n) is 4.18. The minimum Gasteiger partial charge on any atom is -0.508 e. The van der Waals surface area contributed by atoms with Crippen LogP contribution in [0.4, 0.5) is 0 Å². The largest absolute Gasteiger partial charge is 0.508 e. The van der Waals surface area contributed by atoms with E-state index in [0.717, 1.165) is 0 Å². The van der Waals surface area contributed by atoms with Gasteiger partial charge >= 0.3 is 0 Å². The number of H-pyrrole nitrogens is 1. The van der Waals surface area contributed by atoms with Gasteiger partial charge in [-0.25, -0.2) is 14.6 Å². The van der Waals surface area contributed by atoms with Crippen molar-refractivity contribution >= 4 is 5.91 Å². The van der Waals surface area contributed by atoms with Crippen molar-refractivity contribution in [2.24, 2.45) is 0 Å². The van der Waals surface area contributed by atoms with Gasteiger partial charge in [0.15, 0.2) is 0 Å². The SMILES string of the molecule is CCN(C[C@H](O)c1cccc(O)c1)C(=O)c1cnc(Cn2cncn2)[nH]c1=O. The van der Waals surface area contributed by atoms with Crippen LogP contribution in [0.3, 0.4) is 0 Å². The van der Waals surface area contributed by atoms with Crippen molar-refractivity contribution in [1.82, 2.24) is 29.6 Å². The number of likely N-dealkylation sites (N-methyl/N-ethyl adjacent to an activating group) is 1. The molecule has 0 spiro atoms. The van der Waals surface area contributed by atoms with Crippen molar-refractivity contribution in [3.8, 4) is 5.75 Å². The van der Waals surface area contributed by atoms with Crippen molar-refractivity contribution in [1.29, 1.82) is 0 Å². The Morgan fingerprint density at radius 1 is 1.39 bits per heavy atom. The smallest absolute Gasteiger partial charge is 0.263 e. The van der Waals surface area contributed by atoms with Crippen molar-refractivity contribution in [2.45, 2.75) is 19.6 Å². The predicted octanol–water partition coefficient (Wildman–Crippen LogP) is 0.311. The summed E-state index contributed by atoms with van der Waals surface area (Å²) < 4.78 is 1.49. The average Bonchev–Trinajstić information content (AvgIpc) is 3.18. The van der Waals surface area contributed by atoms with Gasteiger partial charge in [-0.05, 0) is 24.6 Å². The molecule has 3 rings (SSSR count). The van der Waals surface area contributed by atoms with Gasteiger partial charge in [-0.1, -0.05) is 12.1 Å². The van der Waals surface area contributed by atoms with E-state index < -0.39 is 17.6 Å². The highest BCUT2D eigenvalue weighted by Gasteiger charge is 2.22. The molecule has 10 heteroatoms. The molecule has 2 heterocycles. The Kier molecular flexibility index (Phi) is 5.80. The monoisotopic (exact) mass is 384 g/mol. The number of carbonyl (C=O) groups is 1. The van der Waals surface area contributed by atoms with E-state index in [9.17, 15) is 19.8 Å². The zero-order valence-corrected chi connectivity index (χ0v) is 15.2. The molecule has 1 atom stereocenters. The maximum atomic E-state index is 12.7. The normalized spacial score (nSPS) is 11.9. The lowest BCUT2D eigenvalue weighted by molar-refractivity contribution is 0.0632. The molecule has 0 bridgehead atoms.